The van der Waals surface area contributed by atoms with Crippen LogP contribution in [0.2, 0.25) is 0 Å². The topological polar surface area (TPSA) is 116 Å². The number of aromatic carboxylic acids is 1. The molecule has 0 spiro atoms. The first-order chi connectivity index (χ1) is 26.0. The van der Waals surface area contributed by atoms with Gasteiger partial charge in [0.1, 0.15) is 0 Å². The average Bonchev–Trinajstić information content (AvgIpc) is 3.62. The zero-order valence-electron chi connectivity index (χ0n) is 30.9. The molecule has 0 amide bonds. The first kappa shape index (κ1) is 35.6. The van der Waals surface area contributed by atoms with E-state index in [1.807, 2.05) is 26.1 Å². The fourth-order valence-electron chi connectivity index (χ4n) is 8.49. The number of hydrogen-bond donors (Lipinski definition) is 1. The minimum Gasteiger partial charge on any atom is -0.476 e. The normalized spacial score (nSPS) is 17.1. The summed E-state index contributed by atoms with van der Waals surface area (Å²) in [5, 5.41) is 22.3. The van der Waals surface area contributed by atoms with E-state index >= 15 is 0 Å². The number of aryl methyl sites for hydroxylation is 4. The van der Waals surface area contributed by atoms with E-state index < -0.39 is 12.4 Å². The summed E-state index contributed by atoms with van der Waals surface area (Å²) in [4.78, 5) is 33.6. The molecule has 0 radical (unpaired) electrons. The standard InChI is InChI=1S/C40H45F2N9O3/c1-25-17-32-35(47(3)39(25)52)19-29(20-36(32)51-10-4-5-27-18-30(28-22-43-46(2)24-28)31(38(41)42)21-34(27)51)49-15-13-48(14-16-49)23-26-8-11-50(12-9-26)37-7-6-33(40(53)54)44-45-37/h6-7,17-22,24,26,38H,4-5,8-16,23H2,1-3H3,(H,53,54). The van der Waals surface area contributed by atoms with Gasteiger partial charge in [-0.3, -0.25) is 14.4 Å². The van der Waals surface area contributed by atoms with Gasteiger partial charge >= 0.3 is 5.97 Å². The second-order valence-corrected chi connectivity index (χ2v) is 14.9. The van der Waals surface area contributed by atoms with Crippen molar-refractivity contribution in [1.82, 2.24) is 29.4 Å². The first-order valence-corrected chi connectivity index (χ1v) is 18.7. The van der Waals surface area contributed by atoms with Gasteiger partial charge in [0.25, 0.3) is 12.0 Å². The molecule has 0 unspecified atom stereocenters. The number of piperidine rings is 1. The summed E-state index contributed by atoms with van der Waals surface area (Å²) in [6.07, 6.45) is 4.46. The molecule has 12 nitrogen and oxygen atoms in total. The quantitative estimate of drug-likeness (QED) is 0.210. The minimum atomic E-state index is -2.66. The van der Waals surface area contributed by atoms with Crippen molar-refractivity contribution in [2.45, 2.75) is 39.0 Å². The number of halogens is 2. The van der Waals surface area contributed by atoms with Crippen molar-refractivity contribution in [3.05, 3.63) is 87.6 Å². The lowest BCUT2D eigenvalue weighted by Crippen LogP contribution is -2.49. The number of hydrogen-bond acceptors (Lipinski definition) is 9. The van der Waals surface area contributed by atoms with Crippen LogP contribution in [0.4, 0.5) is 31.7 Å². The largest absolute Gasteiger partial charge is 0.476 e. The van der Waals surface area contributed by atoms with Gasteiger partial charge < -0.3 is 24.4 Å². The van der Waals surface area contributed by atoms with E-state index in [2.05, 4.69) is 47.0 Å². The number of rotatable bonds is 8. The summed E-state index contributed by atoms with van der Waals surface area (Å²) in [6, 6.07) is 13.1. The van der Waals surface area contributed by atoms with E-state index in [1.54, 1.807) is 40.8 Å². The van der Waals surface area contributed by atoms with Crippen molar-refractivity contribution in [2.24, 2.45) is 20.0 Å². The number of anilines is 4. The van der Waals surface area contributed by atoms with Crippen molar-refractivity contribution in [3.63, 3.8) is 0 Å². The SMILES string of the molecule is Cc1cc2c(N3CCCc4cc(-c5cnn(C)c5)c(C(F)F)cc43)cc(N3CCN(CC4CCN(c5ccc(C(=O)O)nn5)CC4)CC3)cc2n(C)c1=O. The first-order valence-electron chi connectivity index (χ1n) is 18.7. The lowest BCUT2D eigenvalue weighted by molar-refractivity contribution is 0.0689. The summed E-state index contributed by atoms with van der Waals surface area (Å²) in [6.45, 7) is 8.70. The number of pyridine rings is 1. The maximum atomic E-state index is 14.7. The molecule has 2 saturated heterocycles. The third-order valence-electron chi connectivity index (χ3n) is 11.5. The highest BCUT2D eigenvalue weighted by Crippen LogP contribution is 2.44. The Balaban J connectivity index is 1.03. The smallest absolute Gasteiger partial charge is 0.356 e. The maximum Gasteiger partial charge on any atom is 0.356 e. The van der Waals surface area contributed by atoms with Gasteiger partial charge in [-0.15, -0.1) is 10.2 Å². The monoisotopic (exact) mass is 737 g/mol. The van der Waals surface area contributed by atoms with Crippen LogP contribution in [-0.4, -0.2) is 92.9 Å². The van der Waals surface area contributed by atoms with Crippen LogP contribution in [0.3, 0.4) is 0 Å². The molecule has 6 heterocycles. The molecule has 0 aliphatic carbocycles. The van der Waals surface area contributed by atoms with Crippen LogP contribution in [0.5, 0.6) is 0 Å². The Morgan fingerprint density at radius 2 is 1.70 bits per heavy atom. The molecule has 0 atom stereocenters. The summed E-state index contributed by atoms with van der Waals surface area (Å²) < 4.78 is 32.8. The van der Waals surface area contributed by atoms with Gasteiger partial charge in [-0.1, -0.05) is 0 Å². The molecular formula is C40H45F2N9O3. The van der Waals surface area contributed by atoms with Crippen LogP contribution in [0, 0.1) is 12.8 Å². The van der Waals surface area contributed by atoms with Gasteiger partial charge in [0.05, 0.1) is 17.4 Å². The van der Waals surface area contributed by atoms with Crippen molar-refractivity contribution >= 4 is 39.8 Å². The van der Waals surface area contributed by atoms with Crippen LogP contribution in [-0.2, 0) is 20.5 Å². The summed E-state index contributed by atoms with van der Waals surface area (Å²) >= 11 is 0. The number of fused-ring (bicyclic) bond motifs is 2. The van der Waals surface area contributed by atoms with E-state index in [1.165, 1.54) is 6.07 Å². The van der Waals surface area contributed by atoms with Crippen LogP contribution >= 0.6 is 0 Å². The second kappa shape index (κ2) is 14.5. The van der Waals surface area contributed by atoms with Gasteiger partial charge in [0.15, 0.2) is 11.5 Å². The number of nitrogens with zero attached hydrogens (tertiary/aromatic N) is 9. The molecule has 2 fully saturated rings. The lowest BCUT2D eigenvalue weighted by atomic mass is 9.92. The van der Waals surface area contributed by atoms with Crippen LogP contribution in [0.15, 0.2) is 59.7 Å². The fraction of sp³-hybridized carbons (Fsp3) is 0.425. The van der Waals surface area contributed by atoms with E-state index in [0.29, 0.717) is 35.0 Å². The van der Waals surface area contributed by atoms with Gasteiger partial charge in [-0.25, -0.2) is 13.6 Å². The van der Waals surface area contributed by atoms with Crippen LogP contribution < -0.4 is 20.3 Å². The third-order valence-corrected chi connectivity index (χ3v) is 11.5. The van der Waals surface area contributed by atoms with E-state index in [4.69, 9.17) is 5.11 Å². The Hall–Kier alpha value is -5.37. The predicted molar refractivity (Wildman–Crippen MR) is 205 cm³/mol. The molecule has 5 aromatic rings. The van der Waals surface area contributed by atoms with Gasteiger partial charge in [-0.2, -0.15) is 5.10 Å². The second-order valence-electron chi connectivity index (χ2n) is 14.9. The highest BCUT2D eigenvalue weighted by atomic mass is 19.3. The molecule has 3 aliphatic heterocycles. The summed E-state index contributed by atoms with van der Waals surface area (Å²) in [5.74, 6) is 0.190. The van der Waals surface area contributed by atoms with Crippen molar-refractivity contribution < 1.29 is 18.7 Å². The average molecular weight is 738 g/mol. The Labute approximate surface area is 312 Å². The Morgan fingerprint density at radius 1 is 0.926 bits per heavy atom. The number of carboxylic acids is 1. The molecule has 282 valence electrons. The molecule has 3 aromatic heterocycles. The molecule has 1 N–H and O–H groups in total. The number of benzene rings is 2. The van der Waals surface area contributed by atoms with E-state index in [0.717, 1.165) is 105 Å². The van der Waals surface area contributed by atoms with Crippen LogP contribution in [0.25, 0.3) is 22.0 Å². The molecule has 14 heteroatoms. The molecule has 8 rings (SSSR count). The van der Waals surface area contributed by atoms with Gasteiger partial charge in [-0.05, 0) is 92.1 Å². The molecule has 54 heavy (non-hydrogen) atoms. The fourth-order valence-corrected chi connectivity index (χ4v) is 8.49. The molecule has 3 aliphatic rings. The molecule has 0 saturated carbocycles. The van der Waals surface area contributed by atoms with Crippen LogP contribution in [0.1, 0.15) is 52.9 Å². The number of carboxylic acid groups (broad SMARTS) is 1. The Bertz CT molecular complexity index is 2260. The Morgan fingerprint density at radius 3 is 2.37 bits per heavy atom. The zero-order chi connectivity index (χ0) is 37.7. The summed E-state index contributed by atoms with van der Waals surface area (Å²) in [7, 11) is 3.60. The highest BCUT2D eigenvalue weighted by Gasteiger charge is 2.29. The number of piperazine rings is 1. The van der Waals surface area contributed by atoms with Crippen molar-refractivity contribution in [3.8, 4) is 11.1 Å². The number of carbonyl (C=O) groups is 1. The minimum absolute atomic E-state index is 0.0115. The predicted octanol–water partition coefficient (Wildman–Crippen LogP) is 5.80. The third kappa shape index (κ3) is 6.78. The van der Waals surface area contributed by atoms with Crippen molar-refractivity contribution in [2.75, 3.05) is 67.1 Å². The summed E-state index contributed by atoms with van der Waals surface area (Å²) in [5.41, 5.74) is 6.29. The highest BCUT2D eigenvalue weighted by molar-refractivity contribution is 5.98. The number of aromatic nitrogens is 5. The molecule has 2 aromatic carbocycles. The van der Waals surface area contributed by atoms with Crippen molar-refractivity contribution in [1.29, 1.82) is 0 Å². The zero-order valence-corrected chi connectivity index (χ0v) is 30.9. The Kier molecular flexibility index (Phi) is 9.55. The van der Waals surface area contributed by atoms with Gasteiger partial charge in [0, 0.05) is 106 Å². The molecule has 0 bridgehead atoms. The maximum absolute atomic E-state index is 14.7. The van der Waals surface area contributed by atoms with Gasteiger partial charge in [0.2, 0.25) is 0 Å². The molecular weight excluding hydrogens is 692 g/mol. The van der Waals surface area contributed by atoms with E-state index in [9.17, 15) is 18.4 Å². The number of alkyl halides is 2. The van der Waals surface area contributed by atoms with E-state index in [-0.39, 0.29) is 16.8 Å². The lowest BCUT2D eigenvalue weighted by Gasteiger charge is -2.40.